The summed E-state index contributed by atoms with van der Waals surface area (Å²) in [5.74, 6) is -0.347. The average Bonchev–Trinajstić information content (AvgIpc) is 2.45. The fraction of sp³-hybridized carbons (Fsp3) is 0.500. The number of nitrogens with one attached hydrogen (secondary N) is 2. The smallest absolute Gasteiger partial charge is 0.251 e. The van der Waals surface area contributed by atoms with Crippen LogP contribution in [0.3, 0.4) is 0 Å². The predicted molar refractivity (Wildman–Crippen MR) is 83.9 cm³/mol. The highest BCUT2D eigenvalue weighted by atomic mass is 32.2. The molecule has 0 unspecified atom stereocenters. The molecule has 0 aliphatic carbocycles. The summed E-state index contributed by atoms with van der Waals surface area (Å²) in [5.41, 5.74) is 1.54. The SMILES string of the molecule is CNCCc1ccccc1C(=O)NCCS(=O)(=O)N(C)C. The quantitative estimate of drug-likeness (QED) is 0.712. The lowest BCUT2D eigenvalue weighted by Crippen LogP contribution is -2.34. The zero-order valence-corrected chi connectivity index (χ0v) is 13.5. The molecule has 1 aromatic rings. The van der Waals surface area contributed by atoms with Gasteiger partial charge in [0, 0.05) is 26.2 Å². The van der Waals surface area contributed by atoms with Gasteiger partial charge < -0.3 is 10.6 Å². The second-order valence-corrected chi connectivity index (χ2v) is 7.17. The molecule has 0 radical (unpaired) electrons. The summed E-state index contributed by atoms with van der Waals surface area (Å²) < 4.78 is 24.4. The molecule has 118 valence electrons. The molecule has 0 saturated heterocycles. The number of nitrogens with zero attached hydrogens (tertiary/aromatic N) is 1. The van der Waals surface area contributed by atoms with Crippen molar-refractivity contribution in [3.8, 4) is 0 Å². The van der Waals surface area contributed by atoms with Crippen LogP contribution in [0.15, 0.2) is 24.3 Å². The van der Waals surface area contributed by atoms with Crippen molar-refractivity contribution < 1.29 is 13.2 Å². The Morgan fingerprint density at radius 3 is 2.48 bits per heavy atom. The number of carbonyl (C=O) groups is 1. The third-order valence-corrected chi connectivity index (χ3v) is 4.94. The molecule has 1 amide bonds. The molecule has 21 heavy (non-hydrogen) atoms. The second kappa shape index (κ2) is 8.11. The van der Waals surface area contributed by atoms with Gasteiger partial charge >= 0.3 is 0 Å². The van der Waals surface area contributed by atoms with Gasteiger partial charge in [-0.25, -0.2) is 12.7 Å². The maximum absolute atomic E-state index is 12.1. The number of hydrogen-bond donors (Lipinski definition) is 2. The van der Waals surface area contributed by atoms with Crippen molar-refractivity contribution >= 4 is 15.9 Å². The standard InChI is InChI=1S/C14H23N3O3S/c1-15-9-8-12-6-4-5-7-13(12)14(18)16-10-11-21(19,20)17(2)3/h4-7,15H,8-11H2,1-3H3,(H,16,18). The number of carbonyl (C=O) groups excluding carboxylic acids is 1. The lowest BCUT2D eigenvalue weighted by Gasteiger charge is -2.13. The first-order chi connectivity index (χ1) is 9.88. The van der Waals surface area contributed by atoms with Gasteiger partial charge in [-0.15, -0.1) is 0 Å². The fourth-order valence-corrected chi connectivity index (χ4v) is 2.52. The van der Waals surface area contributed by atoms with E-state index < -0.39 is 10.0 Å². The van der Waals surface area contributed by atoms with E-state index in [-0.39, 0.29) is 18.2 Å². The first-order valence-corrected chi connectivity index (χ1v) is 8.40. The van der Waals surface area contributed by atoms with Crippen LogP contribution in [0.5, 0.6) is 0 Å². The third-order valence-electron chi connectivity index (χ3n) is 3.11. The van der Waals surface area contributed by atoms with Gasteiger partial charge in [-0.2, -0.15) is 0 Å². The highest BCUT2D eigenvalue weighted by Gasteiger charge is 2.15. The van der Waals surface area contributed by atoms with Gasteiger partial charge in [0.15, 0.2) is 0 Å². The topological polar surface area (TPSA) is 78.5 Å². The van der Waals surface area contributed by atoms with Crippen molar-refractivity contribution in [3.05, 3.63) is 35.4 Å². The number of likely N-dealkylation sites (N-methyl/N-ethyl adjacent to an activating group) is 1. The number of sulfonamides is 1. The van der Waals surface area contributed by atoms with Crippen LogP contribution in [-0.4, -0.2) is 58.6 Å². The molecule has 0 heterocycles. The van der Waals surface area contributed by atoms with E-state index in [9.17, 15) is 13.2 Å². The van der Waals surface area contributed by atoms with Gasteiger partial charge in [-0.1, -0.05) is 18.2 Å². The monoisotopic (exact) mass is 313 g/mol. The van der Waals surface area contributed by atoms with Crippen LogP contribution in [0, 0.1) is 0 Å². The molecule has 6 nitrogen and oxygen atoms in total. The van der Waals surface area contributed by atoms with Crippen molar-refractivity contribution in [1.29, 1.82) is 0 Å². The minimum atomic E-state index is -3.29. The Bertz CT molecular complexity index is 571. The van der Waals surface area contributed by atoms with E-state index in [1.807, 2.05) is 19.2 Å². The van der Waals surface area contributed by atoms with E-state index in [2.05, 4.69) is 10.6 Å². The highest BCUT2D eigenvalue weighted by Crippen LogP contribution is 2.09. The summed E-state index contributed by atoms with van der Waals surface area (Å²) in [6, 6.07) is 7.34. The summed E-state index contributed by atoms with van der Waals surface area (Å²) in [6.07, 6.45) is 0.746. The Labute approximate surface area is 126 Å². The molecule has 2 N–H and O–H groups in total. The Morgan fingerprint density at radius 2 is 1.86 bits per heavy atom. The Kier molecular flexibility index (Phi) is 6.80. The van der Waals surface area contributed by atoms with Gasteiger partial charge in [0.25, 0.3) is 5.91 Å². The predicted octanol–water partition coefficient (Wildman–Crippen LogP) is 0.0697. The van der Waals surface area contributed by atoms with E-state index >= 15 is 0 Å². The third kappa shape index (κ3) is 5.45. The van der Waals surface area contributed by atoms with E-state index in [0.29, 0.717) is 5.56 Å². The molecular weight excluding hydrogens is 290 g/mol. The first-order valence-electron chi connectivity index (χ1n) is 6.79. The van der Waals surface area contributed by atoms with Crippen molar-refractivity contribution in [1.82, 2.24) is 14.9 Å². The minimum absolute atomic E-state index is 0.0969. The summed E-state index contributed by atoms with van der Waals surface area (Å²) in [5, 5.41) is 5.70. The van der Waals surface area contributed by atoms with Gasteiger partial charge in [-0.05, 0) is 31.6 Å². The van der Waals surface area contributed by atoms with Crippen LogP contribution in [0.4, 0.5) is 0 Å². The number of amides is 1. The molecule has 0 spiro atoms. The Morgan fingerprint density at radius 1 is 1.19 bits per heavy atom. The van der Waals surface area contributed by atoms with Crippen LogP contribution < -0.4 is 10.6 Å². The summed E-state index contributed by atoms with van der Waals surface area (Å²) >= 11 is 0. The molecule has 0 aromatic heterocycles. The average molecular weight is 313 g/mol. The van der Waals surface area contributed by atoms with Crippen LogP contribution >= 0.6 is 0 Å². The molecule has 0 fully saturated rings. The lowest BCUT2D eigenvalue weighted by atomic mass is 10.0. The summed E-state index contributed by atoms with van der Waals surface area (Å²) in [7, 11) is 1.52. The van der Waals surface area contributed by atoms with Crippen molar-refractivity contribution in [2.45, 2.75) is 6.42 Å². The van der Waals surface area contributed by atoms with Crippen molar-refractivity contribution in [3.63, 3.8) is 0 Å². The number of hydrogen-bond acceptors (Lipinski definition) is 4. The normalized spacial score (nSPS) is 11.6. The largest absolute Gasteiger partial charge is 0.351 e. The zero-order chi connectivity index (χ0) is 15.9. The summed E-state index contributed by atoms with van der Waals surface area (Å²) in [6.45, 7) is 0.874. The second-order valence-electron chi connectivity index (χ2n) is 4.87. The summed E-state index contributed by atoms with van der Waals surface area (Å²) in [4.78, 5) is 12.1. The van der Waals surface area contributed by atoms with Crippen molar-refractivity contribution in [2.75, 3.05) is 40.0 Å². The molecule has 0 aliphatic rings. The van der Waals surface area contributed by atoms with E-state index in [1.54, 1.807) is 12.1 Å². The van der Waals surface area contributed by atoms with Crippen LogP contribution in [0.25, 0.3) is 0 Å². The number of benzene rings is 1. The van der Waals surface area contributed by atoms with Crippen molar-refractivity contribution in [2.24, 2.45) is 0 Å². The van der Waals surface area contributed by atoms with Gasteiger partial charge in [0.1, 0.15) is 0 Å². The molecule has 0 atom stereocenters. The van der Waals surface area contributed by atoms with Crippen LogP contribution in [0.2, 0.25) is 0 Å². The molecular formula is C14H23N3O3S. The lowest BCUT2D eigenvalue weighted by molar-refractivity contribution is 0.0955. The molecule has 1 aromatic carbocycles. The van der Waals surface area contributed by atoms with Gasteiger partial charge in [-0.3, -0.25) is 4.79 Å². The van der Waals surface area contributed by atoms with Crippen LogP contribution in [0.1, 0.15) is 15.9 Å². The zero-order valence-electron chi connectivity index (χ0n) is 12.7. The maximum atomic E-state index is 12.1. The highest BCUT2D eigenvalue weighted by molar-refractivity contribution is 7.89. The molecule has 0 aliphatic heterocycles. The van der Waals surface area contributed by atoms with E-state index in [4.69, 9.17) is 0 Å². The van der Waals surface area contributed by atoms with Gasteiger partial charge in [0.2, 0.25) is 10.0 Å². The number of rotatable bonds is 8. The molecule has 7 heteroatoms. The van der Waals surface area contributed by atoms with Crippen LogP contribution in [-0.2, 0) is 16.4 Å². The molecule has 1 rings (SSSR count). The minimum Gasteiger partial charge on any atom is -0.351 e. The fourth-order valence-electron chi connectivity index (χ4n) is 1.79. The maximum Gasteiger partial charge on any atom is 0.251 e. The molecule has 0 saturated carbocycles. The van der Waals surface area contributed by atoms with E-state index in [0.717, 1.165) is 22.8 Å². The molecule has 0 bridgehead atoms. The van der Waals surface area contributed by atoms with Gasteiger partial charge in [0.05, 0.1) is 5.75 Å². The first kappa shape index (κ1) is 17.6. The van der Waals surface area contributed by atoms with E-state index in [1.165, 1.54) is 14.1 Å². The Hall–Kier alpha value is -1.44. The Balaban J connectivity index is 2.64.